The van der Waals surface area contributed by atoms with Crippen LogP contribution in [0.25, 0.3) is 0 Å². The van der Waals surface area contributed by atoms with Crippen molar-refractivity contribution in [2.45, 2.75) is 45.8 Å². The average Bonchev–Trinajstić information content (AvgIpc) is 2.38. The van der Waals surface area contributed by atoms with E-state index in [0.717, 1.165) is 5.56 Å². The molecule has 0 saturated heterocycles. The Kier molecular flexibility index (Phi) is 5.61. The van der Waals surface area contributed by atoms with Gasteiger partial charge in [0.25, 0.3) is 0 Å². The van der Waals surface area contributed by atoms with Crippen molar-refractivity contribution in [3.05, 3.63) is 35.4 Å². The summed E-state index contributed by atoms with van der Waals surface area (Å²) in [5, 5.41) is 18.8. The first-order valence-electron chi connectivity index (χ1n) is 7.04. The number of carbonyl (C=O) groups is 1. The van der Waals surface area contributed by atoms with Crippen LogP contribution in [0.5, 0.6) is 0 Å². The van der Waals surface area contributed by atoms with Crippen molar-refractivity contribution in [2.75, 3.05) is 13.2 Å². The van der Waals surface area contributed by atoms with Gasteiger partial charge in [0.15, 0.2) is 0 Å². The molecular weight excluding hydrogens is 268 g/mol. The van der Waals surface area contributed by atoms with Crippen molar-refractivity contribution >= 4 is 5.97 Å². The molecule has 0 fully saturated rings. The number of rotatable bonds is 5. The number of aryl methyl sites for hydroxylation is 1. The minimum atomic E-state index is -1.81. The summed E-state index contributed by atoms with van der Waals surface area (Å²) >= 11 is 0. The summed E-state index contributed by atoms with van der Waals surface area (Å²) in [7, 11) is 0. The second-order valence-electron chi connectivity index (χ2n) is 6.02. The van der Waals surface area contributed by atoms with Crippen LogP contribution in [0.3, 0.4) is 0 Å². The van der Waals surface area contributed by atoms with Crippen LogP contribution in [0.1, 0.15) is 38.8 Å². The molecule has 0 aliphatic rings. The zero-order valence-corrected chi connectivity index (χ0v) is 13.4. The lowest BCUT2D eigenvalue weighted by Crippen LogP contribution is -2.40. The first-order valence-corrected chi connectivity index (χ1v) is 7.04. The molecule has 0 heterocycles. The van der Waals surface area contributed by atoms with Crippen molar-refractivity contribution in [3.8, 4) is 0 Å². The molecule has 116 valence electrons. The molecule has 1 N–H and O–H groups in total. The van der Waals surface area contributed by atoms with Crippen molar-refractivity contribution in [3.63, 3.8) is 0 Å². The molecule has 1 aromatic carbocycles. The van der Waals surface area contributed by atoms with E-state index in [1.165, 1.54) is 0 Å². The van der Waals surface area contributed by atoms with Crippen molar-refractivity contribution in [2.24, 2.45) is 10.2 Å². The quantitative estimate of drug-likeness (QED) is 0.670. The van der Waals surface area contributed by atoms with Crippen LogP contribution in [0.15, 0.2) is 34.5 Å². The van der Waals surface area contributed by atoms with Gasteiger partial charge < -0.3 is 9.84 Å². The van der Waals surface area contributed by atoms with Gasteiger partial charge in [-0.3, -0.25) is 0 Å². The number of ether oxygens (including phenoxy) is 1. The summed E-state index contributed by atoms with van der Waals surface area (Å²) in [5.74, 6) is -0.707. The fraction of sp³-hybridized carbons (Fsp3) is 0.562. The Balaban J connectivity index is 3.08. The summed E-state index contributed by atoms with van der Waals surface area (Å²) < 4.78 is 4.98. The molecule has 0 aliphatic carbocycles. The van der Waals surface area contributed by atoms with Crippen LogP contribution >= 0.6 is 0 Å². The van der Waals surface area contributed by atoms with Gasteiger partial charge in [0.05, 0.1) is 12.1 Å². The number of benzene rings is 1. The average molecular weight is 292 g/mol. The highest BCUT2D eigenvalue weighted by molar-refractivity contribution is 5.81. The summed E-state index contributed by atoms with van der Waals surface area (Å²) in [4.78, 5) is 12.1. The van der Waals surface area contributed by atoms with Crippen LogP contribution in [0, 0.1) is 6.92 Å². The minimum Gasteiger partial charge on any atom is -0.464 e. The molecule has 21 heavy (non-hydrogen) atoms. The number of esters is 1. The maximum atomic E-state index is 12.1. The lowest BCUT2D eigenvalue weighted by atomic mass is 9.93. The molecule has 5 heteroatoms. The van der Waals surface area contributed by atoms with Crippen LogP contribution < -0.4 is 0 Å². The smallest absolute Gasteiger partial charge is 0.344 e. The second kappa shape index (κ2) is 6.80. The fourth-order valence-corrected chi connectivity index (χ4v) is 1.70. The van der Waals surface area contributed by atoms with E-state index in [1.54, 1.807) is 19.1 Å². The lowest BCUT2D eigenvalue weighted by Gasteiger charge is -2.24. The van der Waals surface area contributed by atoms with Gasteiger partial charge >= 0.3 is 5.97 Å². The normalized spacial score (nSPS) is 15.0. The van der Waals surface area contributed by atoms with E-state index >= 15 is 0 Å². The SMILES string of the molecule is CCOC(=O)[C@](O)(CN=NC(C)(C)C)c1ccc(C)cc1. The summed E-state index contributed by atoms with van der Waals surface area (Å²) in [5.41, 5.74) is -0.665. The van der Waals surface area contributed by atoms with E-state index in [-0.39, 0.29) is 18.7 Å². The van der Waals surface area contributed by atoms with Gasteiger partial charge in [-0.2, -0.15) is 10.2 Å². The maximum absolute atomic E-state index is 12.1. The topological polar surface area (TPSA) is 71.2 Å². The third kappa shape index (κ3) is 4.93. The molecule has 0 aromatic heterocycles. The van der Waals surface area contributed by atoms with E-state index in [1.807, 2.05) is 39.8 Å². The highest BCUT2D eigenvalue weighted by atomic mass is 16.5. The number of azo groups is 1. The van der Waals surface area contributed by atoms with Gasteiger partial charge in [0.2, 0.25) is 5.60 Å². The predicted octanol–water partition coefficient (Wildman–Crippen LogP) is 3.00. The van der Waals surface area contributed by atoms with Crippen LogP contribution in [-0.2, 0) is 15.1 Å². The third-order valence-corrected chi connectivity index (χ3v) is 2.81. The molecular formula is C16H24N2O3. The number of hydrogen-bond acceptors (Lipinski definition) is 5. The predicted molar refractivity (Wildman–Crippen MR) is 81.2 cm³/mol. The molecule has 0 bridgehead atoms. The maximum Gasteiger partial charge on any atom is 0.344 e. The van der Waals surface area contributed by atoms with Gasteiger partial charge in [0, 0.05) is 0 Å². The van der Waals surface area contributed by atoms with Gasteiger partial charge in [-0.25, -0.2) is 4.79 Å². The number of carbonyl (C=O) groups excluding carboxylic acids is 1. The summed E-state index contributed by atoms with van der Waals surface area (Å²) in [6.07, 6.45) is 0. The van der Waals surface area contributed by atoms with Crippen LogP contribution in [0.4, 0.5) is 0 Å². The largest absolute Gasteiger partial charge is 0.464 e. The Hall–Kier alpha value is -1.75. The molecule has 0 amide bonds. The van der Waals surface area contributed by atoms with E-state index in [0.29, 0.717) is 5.56 Å². The number of hydrogen-bond donors (Lipinski definition) is 1. The van der Waals surface area contributed by atoms with E-state index in [9.17, 15) is 9.90 Å². The molecule has 0 radical (unpaired) electrons. The van der Waals surface area contributed by atoms with Gasteiger partial charge in [-0.05, 0) is 40.2 Å². The van der Waals surface area contributed by atoms with Gasteiger partial charge in [-0.1, -0.05) is 29.8 Å². The first-order chi connectivity index (χ1) is 9.69. The highest BCUT2D eigenvalue weighted by Gasteiger charge is 2.40. The Bertz CT molecular complexity index is 503. The van der Waals surface area contributed by atoms with E-state index < -0.39 is 11.6 Å². The van der Waals surface area contributed by atoms with Crippen molar-refractivity contribution in [1.29, 1.82) is 0 Å². The minimum absolute atomic E-state index is 0.161. The Morgan fingerprint density at radius 1 is 1.24 bits per heavy atom. The van der Waals surface area contributed by atoms with Crippen LogP contribution in [0.2, 0.25) is 0 Å². The Morgan fingerprint density at radius 2 is 1.81 bits per heavy atom. The number of aliphatic hydroxyl groups is 1. The molecule has 1 atom stereocenters. The zero-order valence-electron chi connectivity index (χ0n) is 13.4. The monoisotopic (exact) mass is 292 g/mol. The second-order valence-corrected chi connectivity index (χ2v) is 6.02. The van der Waals surface area contributed by atoms with E-state index in [2.05, 4.69) is 10.2 Å². The molecule has 0 saturated carbocycles. The van der Waals surface area contributed by atoms with Crippen LogP contribution in [-0.4, -0.2) is 29.8 Å². The first kappa shape index (κ1) is 17.3. The Labute approximate surface area is 126 Å². The Morgan fingerprint density at radius 3 is 2.29 bits per heavy atom. The summed E-state index contributed by atoms with van der Waals surface area (Å²) in [6.45, 7) is 9.36. The number of nitrogens with zero attached hydrogens (tertiary/aromatic N) is 2. The fourth-order valence-electron chi connectivity index (χ4n) is 1.70. The van der Waals surface area contributed by atoms with E-state index in [4.69, 9.17) is 4.74 Å². The highest BCUT2D eigenvalue weighted by Crippen LogP contribution is 2.25. The standard InChI is InChI=1S/C16H24N2O3/c1-6-21-14(19)16(20,11-17-18-15(3,4)5)13-9-7-12(2)8-10-13/h7-10,20H,6,11H2,1-5H3/t16-/m0/s1. The lowest BCUT2D eigenvalue weighted by molar-refractivity contribution is -0.165. The molecule has 5 nitrogen and oxygen atoms in total. The molecule has 1 rings (SSSR count). The van der Waals surface area contributed by atoms with Crippen molar-refractivity contribution < 1.29 is 14.6 Å². The summed E-state index contributed by atoms with van der Waals surface area (Å²) in [6, 6.07) is 7.08. The van der Waals surface area contributed by atoms with Crippen molar-refractivity contribution in [1.82, 2.24) is 0 Å². The molecule has 0 spiro atoms. The third-order valence-electron chi connectivity index (χ3n) is 2.81. The molecule has 0 aliphatic heterocycles. The zero-order chi connectivity index (χ0) is 16.1. The molecule has 1 aromatic rings. The molecule has 0 unspecified atom stereocenters. The van der Waals surface area contributed by atoms with Gasteiger partial charge in [0.1, 0.15) is 6.54 Å². The van der Waals surface area contributed by atoms with Gasteiger partial charge in [-0.15, -0.1) is 0 Å².